The van der Waals surface area contributed by atoms with Crippen LogP contribution in [-0.4, -0.2) is 5.75 Å². The molecule has 2 aromatic rings. The van der Waals surface area contributed by atoms with Crippen molar-refractivity contribution in [3.05, 3.63) is 70.8 Å². The molecule has 0 bridgehead atoms. The molecule has 0 aliphatic carbocycles. The highest BCUT2D eigenvalue weighted by Crippen LogP contribution is 2.33. The van der Waals surface area contributed by atoms with E-state index in [0.717, 1.165) is 11.5 Å². The molecular formula is C18H18N2S. The van der Waals surface area contributed by atoms with E-state index in [2.05, 4.69) is 42.6 Å². The monoisotopic (exact) mass is 294 g/mol. The second-order valence-corrected chi connectivity index (χ2v) is 6.42. The quantitative estimate of drug-likeness (QED) is 0.921. The first kappa shape index (κ1) is 14.2. The fourth-order valence-corrected chi connectivity index (χ4v) is 3.88. The van der Waals surface area contributed by atoms with Crippen LogP contribution in [0.4, 0.5) is 0 Å². The lowest BCUT2D eigenvalue weighted by Crippen LogP contribution is -2.29. The first-order valence-electron chi connectivity index (χ1n) is 7.19. The van der Waals surface area contributed by atoms with Gasteiger partial charge in [0.05, 0.1) is 11.6 Å². The molecule has 2 unspecified atom stereocenters. The van der Waals surface area contributed by atoms with E-state index in [-0.39, 0.29) is 6.04 Å². The molecule has 0 saturated carbocycles. The molecule has 3 heteroatoms. The van der Waals surface area contributed by atoms with Crippen molar-refractivity contribution in [2.45, 2.75) is 24.8 Å². The molecule has 3 rings (SSSR count). The van der Waals surface area contributed by atoms with Crippen molar-refractivity contribution in [2.24, 2.45) is 0 Å². The van der Waals surface area contributed by atoms with Crippen LogP contribution in [0, 0.1) is 11.3 Å². The first-order chi connectivity index (χ1) is 10.3. The maximum absolute atomic E-state index is 8.87. The van der Waals surface area contributed by atoms with Crippen LogP contribution in [0.5, 0.6) is 0 Å². The largest absolute Gasteiger partial charge is 0.303 e. The standard InChI is InChI=1S/C18H18N2S/c1-13(15-8-6-14(10-19)7-9-15)20-18-12-21-11-16-4-2-3-5-17(16)18/h2-9,13,18,20H,11-12H2,1H3. The van der Waals surface area contributed by atoms with Gasteiger partial charge in [-0.05, 0) is 35.7 Å². The number of nitriles is 1. The predicted molar refractivity (Wildman–Crippen MR) is 88.1 cm³/mol. The summed E-state index contributed by atoms with van der Waals surface area (Å²) in [5.41, 5.74) is 4.81. The van der Waals surface area contributed by atoms with Crippen molar-refractivity contribution < 1.29 is 0 Å². The summed E-state index contributed by atoms with van der Waals surface area (Å²) in [6.07, 6.45) is 0. The van der Waals surface area contributed by atoms with E-state index < -0.39 is 0 Å². The van der Waals surface area contributed by atoms with Crippen molar-refractivity contribution >= 4 is 11.8 Å². The molecule has 21 heavy (non-hydrogen) atoms. The topological polar surface area (TPSA) is 35.8 Å². The second-order valence-electron chi connectivity index (χ2n) is 5.39. The zero-order valence-corrected chi connectivity index (χ0v) is 12.9. The molecule has 0 amide bonds. The normalized spacial score (nSPS) is 18.6. The lowest BCUT2D eigenvalue weighted by atomic mass is 9.99. The van der Waals surface area contributed by atoms with Gasteiger partial charge in [0.2, 0.25) is 0 Å². The number of benzene rings is 2. The Morgan fingerprint density at radius 3 is 2.71 bits per heavy atom. The molecule has 2 aromatic carbocycles. The Hall–Kier alpha value is -1.76. The first-order valence-corrected chi connectivity index (χ1v) is 8.35. The Labute approximate surface area is 130 Å². The van der Waals surface area contributed by atoms with E-state index >= 15 is 0 Å². The van der Waals surface area contributed by atoms with E-state index in [4.69, 9.17) is 5.26 Å². The predicted octanol–water partition coefficient (Wildman–Crippen LogP) is 4.20. The molecule has 1 heterocycles. The fourth-order valence-electron chi connectivity index (χ4n) is 2.76. The summed E-state index contributed by atoms with van der Waals surface area (Å²) in [7, 11) is 0. The molecule has 1 aliphatic heterocycles. The number of nitrogens with zero attached hydrogens (tertiary/aromatic N) is 1. The summed E-state index contributed by atoms with van der Waals surface area (Å²) < 4.78 is 0. The van der Waals surface area contributed by atoms with E-state index in [9.17, 15) is 0 Å². The summed E-state index contributed by atoms with van der Waals surface area (Å²) in [6.45, 7) is 2.18. The zero-order valence-electron chi connectivity index (χ0n) is 12.0. The van der Waals surface area contributed by atoms with Crippen LogP contribution in [0.1, 0.15) is 41.3 Å². The van der Waals surface area contributed by atoms with Crippen LogP contribution < -0.4 is 5.32 Å². The minimum atomic E-state index is 0.273. The summed E-state index contributed by atoms with van der Waals surface area (Å²) in [5.74, 6) is 2.22. The van der Waals surface area contributed by atoms with Gasteiger partial charge in [0, 0.05) is 23.6 Å². The van der Waals surface area contributed by atoms with Crippen molar-refractivity contribution in [3.63, 3.8) is 0 Å². The molecule has 106 valence electrons. The highest BCUT2D eigenvalue weighted by molar-refractivity contribution is 7.98. The molecule has 0 saturated heterocycles. The minimum Gasteiger partial charge on any atom is -0.303 e. The van der Waals surface area contributed by atoms with Crippen molar-refractivity contribution in [1.29, 1.82) is 5.26 Å². The van der Waals surface area contributed by atoms with Crippen LogP contribution in [0.3, 0.4) is 0 Å². The number of hydrogen-bond donors (Lipinski definition) is 1. The van der Waals surface area contributed by atoms with Crippen LogP contribution in [0.2, 0.25) is 0 Å². The highest BCUT2D eigenvalue weighted by atomic mass is 32.2. The molecule has 0 fully saturated rings. The third kappa shape index (κ3) is 3.12. The number of nitrogens with one attached hydrogen (secondary N) is 1. The maximum atomic E-state index is 8.87. The third-order valence-electron chi connectivity index (χ3n) is 3.96. The van der Waals surface area contributed by atoms with Gasteiger partial charge in [-0.15, -0.1) is 0 Å². The minimum absolute atomic E-state index is 0.273. The Balaban J connectivity index is 1.76. The molecule has 1 N–H and O–H groups in total. The van der Waals surface area contributed by atoms with Gasteiger partial charge in [0.15, 0.2) is 0 Å². The molecule has 0 radical (unpaired) electrons. The van der Waals surface area contributed by atoms with Crippen molar-refractivity contribution in [1.82, 2.24) is 5.32 Å². The van der Waals surface area contributed by atoms with Gasteiger partial charge in [0.25, 0.3) is 0 Å². The lowest BCUT2D eigenvalue weighted by Gasteiger charge is -2.29. The van der Waals surface area contributed by atoms with Gasteiger partial charge in [-0.2, -0.15) is 17.0 Å². The zero-order chi connectivity index (χ0) is 14.7. The SMILES string of the molecule is CC(NC1CSCc2ccccc21)c1ccc(C#N)cc1. The summed E-state index contributed by atoms with van der Waals surface area (Å²) >= 11 is 1.98. The van der Waals surface area contributed by atoms with Gasteiger partial charge >= 0.3 is 0 Å². The summed E-state index contributed by atoms with van der Waals surface area (Å²) in [6, 6.07) is 19.4. The average Bonchev–Trinajstić information content (AvgIpc) is 2.55. The lowest BCUT2D eigenvalue weighted by molar-refractivity contribution is 0.496. The van der Waals surface area contributed by atoms with E-state index in [1.807, 2.05) is 36.0 Å². The van der Waals surface area contributed by atoms with Crippen LogP contribution in [0.25, 0.3) is 0 Å². The van der Waals surface area contributed by atoms with Crippen LogP contribution in [0.15, 0.2) is 48.5 Å². The van der Waals surface area contributed by atoms with E-state index in [0.29, 0.717) is 11.6 Å². The Kier molecular flexibility index (Phi) is 4.28. The number of rotatable bonds is 3. The maximum Gasteiger partial charge on any atom is 0.0991 e. The van der Waals surface area contributed by atoms with Gasteiger partial charge < -0.3 is 5.32 Å². The van der Waals surface area contributed by atoms with Crippen LogP contribution in [-0.2, 0) is 5.75 Å². The van der Waals surface area contributed by atoms with Gasteiger partial charge in [-0.25, -0.2) is 0 Å². The molecule has 0 aromatic heterocycles. The summed E-state index contributed by atoms with van der Waals surface area (Å²) in [4.78, 5) is 0. The number of fused-ring (bicyclic) bond motifs is 1. The average molecular weight is 294 g/mol. The van der Waals surface area contributed by atoms with Crippen molar-refractivity contribution in [3.8, 4) is 6.07 Å². The molecule has 2 nitrogen and oxygen atoms in total. The van der Waals surface area contributed by atoms with Gasteiger partial charge in [-0.1, -0.05) is 36.4 Å². The van der Waals surface area contributed by atoms with E-state index in [1.165, 1.54) is 16.7 Å². The molecule has 1 aliphatic rings. The third-order valence-corrected chi connectivity index (χ3v) is 5.05. The number of thioether (sulfide) groups is 1. The smallest absolute Gasteiger partial charge is 0.0991 e. The molecule has 0 spiro atoms. The van der Waals surface area contributed by atoms with Gasteiger partial charge in [-0.3, -0.25) is 0 Å². The Morgan fingerprint density at radius 2 is 1.95 bits per heavy atom. The Bertz CT molecular complexity index is 658. The highest BCUT2D eigenvalue weighted by Gasteiger charge is 2.21. The molecule has 2 atom stereocenters. The molecular weight excluding hydrogens is 276 g/mol. The van der Waals surface area contributed by atoms with E-state index in [1.54, 1.807) is 0 Å². The van der Waals surface area contributed by atoms with Crippen molar-refractivity contribution in [2.75, 3.05) is 5.75 Å². The summed E-state index contributed by atoms with van der Waals surface area (Å²) in [5, 5.41) is 12.6. The van der Waals surface area contributed by atoms with Gasteiger partial charge in [0.1, 0.15) is 0 Å². The Morgan fingerprint density at radius 1 is 1.19 bits per heavy atom. The van der Waals surface area contributed by atoms with Crippen LogP contribution >= 0.6 is 11.8 Å². The number of hydrogen-bond acceptors (Lipinski definition) is 3. The fraction of sp³-hybridized carbons (Fsp3) is 0.278. The second kappa shape index (κ2) is 6.34.